The molecule has 6 heteroatoms. The van der Waals surface area contributed by atoms with Crippen LogP contribution >= 0.6 is 0 Å². The topological polar surface area (TPSA) is 18.5 Å². The zero-order valence-corrected chi connectivity index (χ0v) is 19.1. The summed E-state index contributed by atoms with van der Waals surface area (Å²) in [7, 11) is 0. The molecule has 3 aromatic rings. The van der Waals surface area contributed by atoms with Crippen molar-refractivity contribution in [3.63, 3.8) is 0 Å². The number of benzene rings is 3. The van der Waals surface area contributed by atoms with Gasteiger partial charge in [-0.1, -0.05) is 48.6 Å². The molecule has 1 aliphatic heterocycles. The minimum atomic E-state index is -1.28. The molecule has 0 aliphatic carbocycles. The number of ether oxygens (including phenoxy) is 2. The van der Waals surface area contributed by atoms with Gasteiger partial charge in [0.25, 0.3) is 0 Å². The maximum absolute atomic E-state index is 15.0. The van der Waals surface area contributed by atoms with E-state index in [-0.39, 0.29) is 47.7 Å². The number of hydrogen-bond acceptors (Lipinski definition) is 2. The van der Waals surface area contributed by atoms with Crippen molar-refractivity contribution in [2.45, 2.75) is 38.7 Å². The third-order valence-electron chi connectivity index (χ3n) is 6.13. The Morgan fingerprint density at radius 1 is 0.853 bits per heavy atom. The molecule has 0 spiro atoms. The molecule has 1 heterocycles. The number of allylic oxidation sites excluding steroid dienone is 1. The van der Waals surface area contributed by atoms with Crippen LogP contribution in [0.4, 0.5) is 17.6 Å². The van der Waals surface area contributed by atoms with Crippen molar-refractivity contribution in [3.8, 4) is 16.9 Å². The highest BCUT2D eigenvalue weighted by molar-refractivity contribution is 5.67. The van der Waals surface area contributed by atoms with Crippen LogP contribution in [-0.2, 0) is 4.74 Å². The fourth-order valence-corrected chi connectivity index (χ4v) is 4.37. The molecule has 1 aliphatic rings. The predicted molar refractivity (Wildman–Crippen MR) is 125 cm³/mol. The van der Waals surface area contributed by atoms with Gasteiger partial charge in [-0.25, -0.2) is 13.2 Å². The van der Waals surface area contributed by atoms with Crippen LogP contribution < -0.4 is 4.74 Å². The summed E-state index contributed by atoms with van der Waals surface area (Å²) in [5.41, 5.74) is 1.62. The van der Waals surface area contributed by atoms with Crippen molar-refractivity contribution < 1.29 is 27.0 Å². The van der Waals surface area contributed by atoms with Gasteiger partial charge in [0.05, 0.1) is 19.3 Å². The van der Waals surface area contributed by atoms with Crippen LogP contribution in [0, 0.1) is 23.3 Å². The van der Waals surface area contributed by atoms with Crippen LogP contribution in [0.3, 0.4) is 0 Å². The van der Waals surface area contributed by atoms with Crippen LogP contribution in [0.1, 0.15) is 55.4 Å². The molecule has 0 radical (unpaired) electrons. The van der Waals surface area contributed by atoms with Crippen LogP contribution in [0.25, 0.3) is 17.2 Å². The van der Waals surface area contributed by atoms with Crippen molar-refractivity contribution in [2.75, 3.05) is 13.2 Å². The third-order valence-corrected chi connectivity index (χ3v) is 6.13. The molecular formula is C28H26F4O2. The molecule has 1 fully saturated rings. The lowest BCUT2D eigenvalue weighted by Crippen LogP contribution is -2.20. The Kier molecular flexibility index (Phi) is 7.37. The molecule has 0 N–H and O–H groups in total. The Bertz CT molecular complexity index is 1180. The quantitative estimate of drug-likeness (QED) is 0.340. The first-order chi connectivity index (χ1) is 16.4. The van der Waals surface area contributed by atoms with Gasteiger partial charge in [-0.15, -0.1) is 0 Å². The zero-order valence-electron chi connectivity index (χ0n) is 19.1. The van der Waals surface area contributed by atoms with Gasteiger partial charge in [-0.2, -0.15) is 4.39 Å². The van der Waals surface area contributed by atoms with Gasteiger partial charge in [0.15, 0.2) is 23.2 Å². The number of rotatable bonds is 6. The Morgan fingerprint density at radius 2 is 1.53 bits per heavy atom. The van der Waals surface area contributed by atoms with Crippen molar-refractivity contribution in [1.29, 1.82) is 0 Å². The fraction of sp³-hybridized carbons (Fsp3) is 0.286. The Labute approximate surface area is 196 Å². The first kappa shape index (κ1) is 24.0. The summed E-state index contributed by atoms with van der Waals surface area (Å²) in [5, 5.41) is 0. The van der Waals surface area contributed by atoms with Crippen LogP contribution in [0.5, 0.6) is 5.75 Å². The SMILES string of the molecule is C/C=C/c1ccc(C2CCC(c3ccc(-c4ccc(OCC)c(F)c4F)c(F)c3F)CO2)cc1. The van der Waals surface area contributed by atoms with E-state index in [1.165, 1.54) is 24.3 Å². The van der Waals surface area contributed by atoms with E-state index in [0.717, 1.165) is 11.1 Å². The molecule has 2 nitrogen and oxygen atoms in total. The smallest absolute Gasteiger partial charge is 0.201 e. The molecule has 1 saturated heterocycles. The summed E-state index contributed by atoms with van der Waals surface area (Å²) in [6, 6.07) is 13.2. The van der Waals surface area contributed by atoms with E-state index in [0.29, 0.717) is 12.8 Å². The summed E-state index contributed by atoms with van der Waals surface area (Å²) in [6.45, 7) is 3.99. The molecule has 3 aromatic carbocycles. The van der Waals surface area contributed by atoms with Gasteiger partial charge in [-0.3, -0.25) is 0 Å². The van der Waals surface area contributed by atoms with E-state index in [1.54, 1.807) is 6.92 Å². The molecule has 34 heavy (non-hydrogen) atoms. The lowest BCUT2D eigenvalue weighted by molar-refractivity contribution is 0.00164. The van der Waals surface area contributed by atoms with E-state index < -0.39 is 23.3 Å². The van der Waals surface area contributed by atoms with E-state index >= 15 is 4.39 Å². The van der Waals surface area contributed by atoms with Gasteiger partial charge in [0.1, 0.15) is 0 Å². The standard InChI is InChI=1S/C28H26F4O2/c1-3-5-17-6-8-18(9-7-17)23-14-10-19(16-34-23)20-11-12-21(26(30)25(20)29)22-13-15-24(33-4-2)28(32)27(22)31/h3,5-9,11-13,15,19,23H,4,10,14,16H2,1-2H3/b5-3+. The van der Waals surface area contributed by atoms with Gasteiger partial charge < -0.3 is 9.47 Å². The van der Waals surface area contributed by atoms with Crippen LogP contribution in [0.15, 0.2) is 54.6 Å². The molecule has 0 amide bonds. The normalized spacial score (nSPS) is 18.4. The molecule has 2 atom stereocenters. The summed E-state index contributed by atoms with van der Waals surface area (Å²) in [6.07, 6.45) is 5.15. The Hall–Kier alpha value is -3.12. The molecular weight excluding hydrogens is 444 g/mol. The number of hydrogen-bond donors (Lipinski definition) is 0. The van der Waals surface area contributed by atoms with Crippen molar-refractivity contribution in [2.24, 2.45) is 0 Å². The van der Waals surface area contributed by atoms with E-state index in [2.05, 4.69) is 0 Å². The molecule has 2 unspecified atom stereocenters. The predicted octanol–water partition coefficient (Wildman–Crippen LogP) is 7.98. The first-order valence-electron chi connectivity index (χ1n) is 11.4. The maximum atomic E-state index is 15.0. The van der Waals surface area contributed by atoms with Crippen LogP contribution in [0.2, 0.25) is 0 Å². The minimum absolute atomic E-state index is 0.107. The van der Waals surface area contributed by atoms with E-state index in [9.17, 15) is 13.2 Å². The summed E-state index contributed by atoms with van der Waals surface area (Å²) < 4.78 is 69.8. The fourth-order valence-electron chi connectivity index (χ4n) is 4.37. The van der Waals surface area contributed by atoms with Crippen molar-refractivity contribution >= 4 is 6.08 Å². The first-order valence-corrected chi connectivity index (χ1v) is 11.4. The second-order valence-corrected chi connectivity index (χ2v) is 8.27. The lowest BCUT2D eigenvalue weighted by Gasteiger charge is -2.30. The highest BCUT2D eigenvalue weighted by Gasteiger charge is 2.28. The van der Waals surface area contributed by atoms with Gasteiger partial charge in [-0.05, 0) is 55.5 Å². The Balaban J connectivity index is 1.51. The van der Waals surface area contributed by atoms with Crippen molar-refractivity contribution in [3.05, 3.63) is 94.6 Å². The molecule has 0 saturated carbocycles. The van der Waals surface area contributed by atoms with Gasteiger partial charge in [0, 0.05) is 17.0 Å². The number of halogens is 4. The van der Waals surface area contributed by atoms with E-state index in [1.807, 2.05) is 43.3 Å². The highest BCUT2D eigenvalue weighted by atomic mass is 19.2. The minimum Gasteiger partial charge on any atom is -0.491 e. The van der Waals surface area contributed by atoms with E-state index in [4.69, 9.17) is 9.47 Å². The average Bonchev–Trinajstić information content (AvgIpc) is 2.85. The van der Waals surface area contributed by atoms with Gasteiger partial charge in [0.2, 0.25) is 5.82 Å². The monoisotopic (exact) mass is 470 g/mol. The molecule has 4 rings (SSSR count). The molecule has 178 valence electrons. The summed E-state index contributed by atoms with van der Waals surface area (Å²) in [5.74, 6) is -5.37. The summed E-state index contributed by atoms with van der Waals surface area (Å²) >= 11 is 0. The zero-order chi connectivity index (χ0) is 24.2. The van der Waals surface area contributed by atoms with Gasteiger partial charge >= 0.3 is 0 Å². The Morgan fingerprint density at radius 3 is 2.15 bits per heavy atom. The largest absolute Gasteiger partial charge is 0.491 e. The molecule has 0 aromatic heterocycles. The summed E-state index contributed by atoms with van der Waals surface area (Å²) in [4.78, 5) is 0. The van der Waals surface area contributed by atoms with Crippen molar-refractivity contribution in [1.82, 2.24) is 0 Å². The lowest BCUT2D eigenvalue weighted by atomic mass is 9.88. The third kappa shape index (κ3) is 4.73. The maximum Gasteiger partial charge on any atom is 0.201 e. The second-order valence-electron chi connectivity index (χ2n) is 8.27. The van der Waals surface area contributed by atoms with Crippen LogP contribution in [-0.4, -0.2) is 13.2 Å². The highest BCUT2D eigenvalue weighted by Crippen LogP contribution is 2.39. The molecule has 0 bridgehead atoms. The average molecular weight is 471 g/mol. The second kappa shape index (κ2) is 10.4.